The number of aliphatic hydroxyl groups is 1. The SMILES string of the molecule is Cc1c([C@@H](O)CN2CCC(NC(=O)c3ccc(-n4cccn4)cc3)CC2)ccc2c1COC2=O. The zero-order valence-electron chi connectivity index (χ0n) is 19.1. The molecule has 8 nitrogen and oxygen atoms in total. The highest BCUT2D eigenvalue weighted by molar-refractivity contribution is 5.94. The maximum absolute atomic E-state index is 12.7. The highest BCUT2D eigenvalue weighted by atomic mass is 16.5. The fourth-order valence-electron chi connectivity index (χ4n) is 4.79. The van der Waals surface area contributed by atoms with Gasteiger partial charge in [0.1, 0.15) is 6.61 Å². The van der Waals surface area contributed by atoms with Gasteiger partial charge < -0.3 is 20.1 Å². The van der Waals surface area contributed by atoms with Gasteiger partial charge in [0.2, 0.25) is 0 Å². The number of hydrogen-bond donors (Lipinski definition) is 2. The predicted molar refractivity (Wildman–Crippen MR) is 126 cm³/mol. The fraction of sp³-hybridized carbons (Fsp3) is 0.346. The van der Waals surface area contributed by atoms with Crippen LogP contribution in [0.1, 0.15) is 56.4 Å². The van der Waals surface area contributed by atoms with Gasteiger partial charge in [-0.2, -0.15) is 5.10 Å². The molecule has 0 bridgehead atoms. The van der Waals surface area contributed by atoms with Crippen molar-refractivity contribution in [3.05, 3.63) is 82.7 Å². The first-order chi connectivity index (χ1) is 16.5. The summed E-state index contributed by atoms with van der Waals surface area (Å²) in [7, 11) is 0. The first-order valence-electron chi connectivity index (χ1n) is 11.6. The number of piperidine rings is 1. The Bertz CT molecular complexity index is 1180. The van der Waals surface area contributed by atoms with Crippen LogP contribution in [0.2, 0.25) is 0 Å². The van der Waals surface area contributed by atoms with Crippen molar-refractivity contribution in [1.29, 1.82) is 0 Å². The number of hydrogen-bond acceptors (Lipinski definition) is 6. The third kappa shape index (κ3) is 4.47. The minimum absolute atomic E-state index is 0.0731. The molecule has 5 rings (SSSR count). The van der Waals surface area contributed by atoms with Gasteiger partial charge in [0.15, 0.2) is 0 Å². The van der Waals surface area contributed by atoms with Crippen molar-refractivity contribution in [3.63, 3.8) is 0 Å². The van der Waals surface area contributed by atoms with Gasteiger partial charge in [-0.15, -0.1) is 0 Å². The summed E-state index contributed by atoms with van der Waals surface area (Å²) in [5.41, 5.74) is 4.78. The van der Waals surface area contributed by atoms with Crippen molar-refractivity contribution < 1.29 is 19.4 Å². The summed E-state index contributed by atoms with van der Waals surface area (Å²) in [6, 6.07) is 12.9. The first-order valence-corrected chi connectivity index (χ1v) is 11.6. The number of aromatic nitrogens is 2. The Balaban J connectivity index is 1.13. The summed E-state index contributed by atoms with van der Waals surface area (Å²) >= 11 is 0. The number of nitrogens with zero attached hydrogens (tertiary/aromatic N) is 3. The summed E-state index contributed by atoms with van der Waals surface area (Å²) in [6.45, 7) is 4.32. The second kappa shape index (κ2) is 9.40. The van der Waals surface area contributed by atoms with Crippen LogP contribution in [0.5, 0.6) is 0 Å². The average Bonchev–Trinajstić information content (AvgIpc) is 3.51. The molecule has 1 fully saturated rings. The van der Waals surface area contributed by atoms with Crippen molar-refractivity contribution in [2.24, 2.45) is 0 Å². The summed E-state index contributed by atoms with van der Waals surface area (Å²) < 4.78 is 6.87. The van der Waals surface area contributed by atoms with E-state index >= 15 is 0 Å². The molecule has 34 heavy (non-hydrogen) atoms. The first kappa shape index (κ1) is 22.3. The minimum atomic E-state index is -0.638. The summed E-state index contributed by atoms with van der Waals surface area (Å²) in [4.78, 5) is 26.7. The molecule has 3 heterocycles. The number of β-amino-alcohol motifs (C(OH)–C–C–N with tert-alkyl or cyclic N) is 1. The predicted octanol–water partition coefficient (Wildman–Crippen LogP) is 2.78. The molecule has 2 N–H and O–H groups in total. The molecule has 3 aromatic rings. The Morgan fingerprint density at radius 3 is 2.68 bits per heavy atom. The summed E-state index contributed by atoms with van der Waals surface area (Å²) in [6.07, 6.45) is 4.60. The molecule has 2 aromatic carbocycles. The molecule has 1 atom stereocenters. The second-order valence-corrected chi connectivity index (χ2v) is 8.94. The maximum Gasteiger partial charge on any atom is 0.338 e. The molecule has 2 aliphatic heterocycles. The molecule has 0 saturated carbocycles. The zero-order valence-corrected chi connectivity index (χ0v) is 19.1. The van der Waals surface area contributed by atoms with Crippen molar-refractivity contribution in [2.75, 3.05) is 19.6 Å². The number of rotatable bonds is 6. The van der Waals surface area contributed by atoms with Crippen LogP contribution in [0.3, 0.4) is 0 Å². The molecule has 1 saturated heterocycles. The summed E-state index contributed by atoms with van der Waals surface area (Å²) in [5, 5.41) is 18.2. The van der Waals surface area contributed by atoms with E-state index in [0.29, 0.717) is 17.7 Å². The number of likely N-dealkylation sites (tertiary alicyclic amines) is 1. The van der Waals surface area contributed by atoms with Gasteiger partial charge in [-0.25, -0.2) is 9.48 Å². The lowest BCUT2D eigenvalue weighted by Crippen LogP contribution is -2.45. The van der Waals surface area contributed by atoms with Gasteiger partial charge in [-0.1, -0.05) is 6.07 Å². The standard InChI is InChI=1S/C26H28N4O4/c1-17-21(7-8-22-23(17)16-34-26(22)33)24(31)15-29-13-9-19(10-14-29)28-25(32)18-3-5-20(6-4-18)30-12-2-11-27-30/h2-8,11-12,19,24,31H,9-10,13-16H2,1H3,(H,28,32)/t24-/m0/s1. The van der Waals surface area contributed by atoms with Crippen LogP contribution in [0.15, 0.2) is 54.9 Å². The Labute approximate surface area is 198 Å². The molecule has 0 aliphatic carbocycles. The van der Waals surface area contributed by atoms with E-state index in [4.69, 9.17) is 4.74 Å². The molecule has 176 valence electrons. The number of amides is 1. The van der Waals surface area contributed by atoms with E-state index in [9.17, 15) is 14.7 Å². The lowest BCUT2D eigenvalue weighted by atomic mass is 9.94. The third-order valence-electron chi connectivity index (χ3n) is 6.82. The second-order valence-electron chi connectivity index (χ2n) is 8.94. The van der Waals surface area contributed by atoms with Gasteiger partial charge >= 0.3 is 5.97 Å². The Hall–Kier alpha value is -3.49. The highest BCUT2D eigenvalue weighted by Gasteiger charge is 2.27. The van der Waals surface area contributed by atoms with Crippen LogP contribution in [0.4, 0.5) is 0 Å². The van der Waals surface area contributed by atoms with E-state index in [0.717, 1.165) is 48.3 Å². The van der Waals surface area contributed by atoms with Gasteiger partial charge in [-0.3, -0.25) is 4.79 Å². The van der Waals surface area contributed by atoms with Gasteiger partial charge in [0, 0.05) is 49.2 Å². The maximum atomic E-state index is 12.7. The molecule has 1 amide bonds. The minimum Gasteiger partial charge on any atom is -0.457 e. The molecule has 2 aliphatic rings. The molecule has 0 radical (unpaired) electrons. The molecule has 0 unspecified atom stereocenters. The summed E-state index contributed by atoms with van der Waals surface area (Å²) in [5.74, 6) is -0.367. The molecule has 8 heteroatoms. The van der Waals surface area contributed by atoms with E-state index in [2.05, 4.69) is 15.3 Å². The average molecular weight is 461 g/mol. The number of aliphatic hydroxyl groups excluding tert-OH is 1. The largest absolute Gasteiger partial charge is 0.457 e. The highest BCUT2D eigenvalue weighted by Crippen LogP contribution is 2.29. The van der Waals surface area contributed by atoms with Crippen LogP contribution in [-0.2, 0) is 11.3 Å². The van der Waals surface area contributed by atoms with Crippen molar-refractivity contribution in [2.45, 2.75) is 38.5 Å². The normalized spacial score (nSPS) is 17.3. The van der Waals surface area contributed by atoms with Gasteiger partial charge in [-0.05, 0) is 67.3 Å². The number of carbonyl (C=O) groups excluding carboxylic acids is 2. The van der Waals surface area contributed by atoms with Crippen LogP contribution in [0, 0.1) is 6.92 Å². The Kier molecular flexibility index (Phi) is 6.17. The lowest BCUT2D eigenvalue weighted by molar-refractivity contribution is 0.0534. The molecule has 1 aromatic heterocycles. The quantitative estimate of drug-likeness (QED) is 0.549. The Morgan fingerprint density at radius 2 is 1.97 bits per heavy atom. The smallest absolute Gasteiger partial charge is 0.338 e. The monoisotopic (exact) mass is 460 g/mol. The number of benzene rings is 2. The topological polar surface area (TPSA) is 96.7 Å². The third-order valence-corrected chi connectivity index (χ3v) is 6.82. The van der Waals surface area contributed by atoms with Crippen molar-refractivity contribution in [1.82, 2.24) is 20.0 Å². The van der Waals surface area contributed by atoms with Crippen LogP contribution >= 0.6 is 0 Å². The number of nitrogens with one attached hydrogen (secondary N) is 1. The van der Waals surface area contributed by atoms with E-state index < -0.39 is 6.10 Å². The molecular formula is C26H28N4O4. The Morgan fingerprint density at radius 1 is 1.21 bits per heavy atom. The molecule has 0 spiro atoms. The van der Waals surface area contributed by atoms with Gasteiger partial charge in [0.25, 0.3) is 5.91 Å². The number of fused-ring (bicyclic) bond motifs is 1. The van der Waals surface area contributed by atoms with Crippen LogP contribution < -0.4 is 5.32 Å². The van der Waals surface area contributed by atoms with Crippen LogP contribution in [0.25, 0.3) is 5.69 Å². The number of ether oxygens (including phenoxy) is 1. The number of cyclic esters (lactones) is 1. The van der Waals surface area contributed by atoms with Crippen molar-refractivity contribution in [3.8, 4) is 5.69 Å². The zero-order chi connectivity index (χ0) is 23.7. The van der Waals surface area contributed by atoms with E-state index in [1.807, 2.05) is 49.5 Å². The van der Waals surface area contributed by atoms with E-state index in [1.165, 1.54) is 0 Å². The molecular weight excluding hydrogens is 432 g/mol. The number of carbonyl (C=O) groups is 2. The van der Waals surface area contributed by atoms with E-state index in [-0.39, 0.29) is 24.5 Å². The number of esters is 1. The van der Waals surface area contributed by atoms with Crippen LogP contribution in [-0.4, -0.2) is 57.3 Å². The van der Waals surface area contributed by atoms with Gasteiger partial charge in [0.05, 0.1) is 17.4 Å². The fourth-order valence-corrected chi connectivity index (χ4v) is 4.79. The van der Waals surface area contributed by atoms with Crippen molar-refractivity contribution >= 4 is 11.9 Å². The lowest BCUT2D eigenvalue weighted by Gasteiger charge is -2.33. The van der Waals surface area contributed by atoms with E-state index in [1.54, 1.807) is 16.9 Å².